The summed E-state index contributed by atoms with van der Waals surface area (Å²) >= 11 is 4.40. The number of nitrogens with one attached hydrogen (secondary N) is 2. The second-order valence-corrected chi connectivity index (χ2v) is 9.45. The van der Waals surface area contributed by atoms with Crippen LogP contribution >= 0.6 is 27.3 Å². The first kappa shape index (κ1) is 23.9. The Morgan fingerprint density at radius 2 is 2.24 bits per heavy atom. The Balaban J connectivity index is 1.52. The van der Waals surface area contributed by atoms with Gasteiger partial charge in [-0.05, 0) is 13.3 Å². The summed E-state index contributed by atoms with van der Waals surface area (Å²) in [4.78, 5) is 41.8. The summed E-state index contributed by atoms with van der Waals surface area (Å²) in [5, 5.41) is 17.2. The lowest BCUT2D eigenvalue weighted by Gasteiger charge is -2.37. The van der Waals surface area contributed by atoms with Crippen molar-refractivity contribution in [2.45, 2.75) is 25.5 Å². The molecule has 12 nitrogen and oxygen atoms in total. The fourth-order valence-corrected chi connectivity index (χ4v) is 5.46. The number of rotatable bonds is 6. The van der Waals surface area contributed by atoms with Gasteiger partial charge in [0.05, 0.1) is 23.2 Å². The maximum atomic E-state index is 12.9. The van der Waals surface area contributed by atoms with E-state index < -0.39 is 5.97 Å². The molecule has 0 saturated carbocycles. The summed E-state index contributed by atoms with van der Waals surface area (Å²) in [7, 11) is 3.24. The zero-order chi connectivity index (χ0) is 24.6. The predicted molar refractivity (Wildman–Crippen MR) is 127 cm³/mol. The molecule has 1 aliphatic heterocycles. The Morgan fingerprint density at radius 1 is 1.47 bits per heavy atom. The van der Waals surface area contributed by atoms with Crippen LogP contribution < -0.4 is 10.2 Å². The van der Waals surface area contributed by atoms with E-state index in [1.165, 1.54) is 11.0 Å². The fourth-order valence-electron chi connectivity index (χ4n) is 3.86. The molecule has 34 heavy (non-hydrogen) atoms. The van der Waals surface area contributed by atoms with Crippen molar-refractivity contribution in [3.63, 3.8) is 0 Å². The minimum atomic E-state index is -1.09. The molecule has 3 aromatic rings. The molecule has 0 bridgehead atoms. The summed E-state index contributed by atoms with van der Waals surface area (Å²) in [5.74, 6) is -1.05. The van der Waals surface area contributed by atoms with Crippen LogP contribution in [-0.4, -0.2) is 74.1 Å². The van der Waals surface area contributed by atoms with E-state index in [1.54, 1.807) is 21.1 Å². The van der Waals surface area contributed by atoms with Gasteiger partial charge in [0.2, 0.25) is 5.69 Å². The molecule has 3 N–H and O–H groups in total. The highest BCUT2D eigenvalue weighted by atomic mass is 79.9. The quantitative estimate of drug-likeness (QED) is 0.399. The highest BCUT2D eigenvalue weighted by Crippen LogP contribution is 2.35. The summed E-state index contributed by atoms with van der Waals surface area (Å²) in [6.45, 7) is 9.95. The molecule has 2 atom stereocenters. The van der Waals surface area contributed by atoms with Crippen LogP contribution in [-0.2, 0) is 11.8 Å². The number of carbonyl (C=O) groups is 2. The fraction of sp³-hybridized carbons (Fsp3) is 0.400. The molecular formula is C20H21BrN8O4S. The number of carboxylic acid groups (broad SMARTS) is 1. The van der Waals surface area contributed by atoms with Gasteiger partial charge in [0.25, 0.3) is 5.91 Å². The Labute approximate surface area is 206 Å². The zero-order valence-corrected chi connectivity index (χ0v) is 20.9. The van der Waals surface area contributed by atoms with E-state index >= 15 is 0 Å². The minimum Gasteiger partial charge on any atom is -0.477 e. The highest BCUT2D eigenvalue weighted by molar-refractivity contribution is 9.10. The van der Waals surface area contributed by atoms with Crippen LogP contribution in [0.25, 0.3) is 16.4 Å². The van der Waals surface area contributed by atoms with Gasteiger partial charge in [0.15, 0.2) is 11.0 Å². The zero-order valence-electron chi connectivity index (χ0n) is 18.5. The van der Waals surface area contributed by atoms with Crippen molar-refractivity contribution in [2.24, 2.45) is 7.05 Å². The average molecular weight is 549 g/mol. The van der Waals surface area contributed by atoms with Gasteiger partial charge in [0, 0.05) is 32.9 Å². The van der Waals surface area contributed by atoms with Crippen LogP contribution in [0.1, 0.15) is 32.3 Å². The molecule has 178 valence electrons. The lowest BCUT2D eigenvalue weighted by Crippen LogP contribution is -2.55. The SMILES string of the molecule is [C-]#[N+]c1c(C)[nH]c(C(=O)N[C@@H]2CCN(c3nc(-c4ncnn4C)c(C(=O)O)s3)C[C@@H]2OC)c1Br. The van der Waals surface area contributed by atoms with E-state index in [0.717, 1.165) is 11.3 Å². The van der Waals surface area contributed by atoms with E-state index in [9.17, 15) is 14.7 Å². The molecule has 4 rings (SSSR count). The maximum absolute atomic E-state index is 12.9. The number of ether oxygens (including phenoxy) is 1. The van der Waals surface area contributed by atoms with Crippen molar-refractivity contribution >= 4 is 50.0 Å². The van der Waals surface area contributed by atoms with Crippen LogP contribution in [0.15, 0.2) is 10.8 Å². The van der Waals surface area contributed by atoms with Crippen LogP contribution in [0.2, 0.25) is 0 Å². The van der Waals surface area contributed by atoms with Crippen molar-refractivity contribution in [1.82, 2.24) is 30.0 Å². The van der Waals surface area contributed by atoms with Gasteiger partial charge < -0.3 is 25.0 Å². The number of nitrogens with zero attached hydrogens (tertiary/aromatic N) is 6. The highest BCUT2D eigenvalue weighted by Gasteiger charge is 2.34. The number of aromatic amines is 1. The number of carboxylic acids is 1. The Bertz CT molecular complexity index is 1290. The third-order valence-corrected chi connectivity index (χ3v) is 7.49. The third kappa shape index (κ3) is 4.29. The monoisotopic (exact) mass is 548 g/mol. The Kier molecular flexibility index (Phi) is 6.69. The number of hydrogen-bond acceptors (Lipinski definition) is 8. The van der Waals surface area contributed by atoms with Crippen molar-refractivity contribution in [3.05, 3.63) is 38.5 Å². The summed E-state index contributed by atoms with van der Waals surface area (Å²) in [6, 6.07) is -0.280. The number of anilines is 1. The van der Waals surface area contributed by atoms with Gasteiger partial charge in [-0.2, -0.15) is 5.10 Å². The smallest absolute Gasteiger partial charge is 0.348 e. The summed E-state index contributed by atoms with van der Waals surface area (Å²) in [5.41, 5.74) is 1.54. The normalized spacial score (nSPS) is 18.0. The number of thiazole rings is 1. The molecule has 1 amide bonds. The number of halogens is 1. The van der Waals surface area contributed by atoms with Gasteiger partial charge in [-0.25, -0.2) is 24.3 Å². The number of methoxy groups -OCH3 is 1. The molecular weight excluding hydrogens is 528 g/mol. The predicted octanol–water partition coefficient (Wildman–Crippen LogP) is 2.61. The van der Waals surface area contributed by atoms with Crippen molar-refractivity contribution < 1.29 is 19.4 Å². The molecule has 0 spiro atoms. The van der Waals surface area contributed by atoms with Crippen molar-refractivity contribution in [1.29, 1.82) is 0 Å². The standard InChI is InChI=1S/C20H21BrN8O4S/c1-9-13(22-2)12(21)14(25-9)18(30)26-10-5-6-29(7-11(10)33-4)20-27-15(16(34-20)19(31)32)17-23-8-24-28(17)3/h8,10-11,25H,5-7H2,1,3-4H3,(H,26,30)(H,31,32)/t10-,11+/m1/s1. The Hall–Kier alpha value is -3.28. The largest absolute Gasteiger partial charge is 0.477 e. The number of aromatic carboxylic acids is 1. The number of amides is 1. The molecule has 4 heterocycles. The Morgan fingerprint density at radius 3 is 2.82 bits per heavy atom. The van der Waals surface area contributed by atoms with Gasteiger partial charge >= 0.3 is 5.97 Å². The van der Waals surface area contributed by atoms with Gasteiger partial charge in [0.1, 0.15) is 22.6 Å². The summed E-state index contributed by atoms with van der Waals surface area (Å²) < 4.78 is 7.57. The summed E-state index contributed by atoms with van der Waals surface area (Å²) in [6.07, 6.45) is 1.54. The van der Waals surface area contributed by atoms with E-state index in [0.29, 0.717) is 52.0 Å². The topological polar surface area (TPSA) is 143 Å². The second kappa shape index (κ2) is 9.53. The number of H-pyrrole nitrogens is 1. The molecule has 3 aromatic heterocycles. The van der Waals surface area contributed by atoms with E-state index in [-0.39, 0.29) is 28.6 Å². The van der Waals surface area contributed by atoms with Crippen molar-refractivity contribution in [3.8, 4) is 11.5 Å². The van der Waals surface area contributed by atoms with E-state index in [2.05, 4.69) is 46.1 Å². The van der Waals surface area contributed by atoms with Gasteiger partial charge in [-0.3, -0.25) is 4.79 Å². The van der Waals surface area contributed by atoms with Crippen molar-refractivity contribution in [2.75, 3.05) is 25.1 Å². The first-order valence-corrected chi connectivity index (χ1v) is 11.8. The van der Waals surface area contributed by atoms with Gasteiger partial charge in [-0.1, -0.05) is 27.3 Å². The number of carbonyl (C=O) groups excluding carboxylic acids is 1. The number of aromatic nitrogens is 5. The molecule has 1 saturated heterocycles. The van der Waals surface area contributed by atoms with Crippen LogP contribution in [0, 0.1) is 13.5 Å². The molecule has 1 fully saturated rings. The lowest BCUT2D eigenvalue weighted by molar-refractivity contribution is 0.0540. The molecule has 0 aliphatic carbocycles. The minimum absolute atomic E-state index is 0.0815. The van der Waals surface area contributed by atoms with Crippen LogP contribution in [0.3, 0.4) is 0 Å². The first-order chi connectivity index (χ1) is 16.2. The molecule has 1 aliphatic rings. The number of aryl methyl sites for hydroxylation is 2. The average Bonchev–Trinajstić information content (AvgIpc) is 3.50. The molecule has 14 heteroatoms. The number of hydrogen-bond donors (Lipinski definition) is 3. The lowest BCUT2D eigenvalue weighted by atomic mass is 10.0. The van der Waals surface area contributed by atoms with E-state index in [4.69, 9.17) is 11.3 Å². The maximum Gasteiger partial charge on any atom is 0.348 e. The second-order valence-electron chi connectivity index (χ2n) is 7.67. The molecule has 0 unspecified atom stereocenters. The first-order valence-electron chi connectivity index (χ1n) is 10.2. The van der Waals surface area contributed by atoms with Crippen LogP contribution in [0.5, 0.6) is 0 Å². The third-order valence-electron chi connectivity index (χ3n) is 5.62. The molecule has 0 radical (unpaired) electrons. The van der Waals surface area contributed by atoms with Gasteiger partial charge in [-0.15, -0.1) is 0 Å². The van der Waals surface area contributed by atoms with E-state index in [1.807, 2.05) is 4.90 Å². The molecule has 0 aromatic carbocycles. The number of piperidine rings is 1. The van der Waals surface area contributed by atoms with Crippen LogP contribution in [0.4, 0.5) is 10.8 Å².